The standard InChI is InChI=1S/C12H14BrNO4S/c13-10-2-1-3-11(6-10)19(17,18)14(8-12(15)16)7-9-4-5-9/h1-3,6,9H,4-5,7-8H2,(H,15,16). The Morgan fingerprint density at radius 3 is 2.63 bits per heavy atom. The van der Waals surface area contributed by atoms with Crippen LogP contribution in [0.15, 0.2) is 33.6 Å². The van der Waals surface area contributed by atoms with Crippen LogP contribution in [-0.4, -0.2) is 36.9 Å². The van der Waals surface area contributed by atoms with Gasteiger partial charge in [0.25, 0.3) is 0 Å². The molecule has 0 saturated heterocycles. The molecule has 1 saturated carbocycles. The van der Waals surface area contributed by atoms with Gasteiger partial charge in [-0.2, -0.15) is 4.31 Å². The van der Waals surface area contributed by atoms with Gasteiger partial charge in [-0.1, -0.05) is 22.0 Å². The molecule has 0 aliphatic heterocycles. The molecule has 1 aromatic carbocycles. The zero-order valence-electron chi connectivity index (χ0n) is 10.1. The van der Waals surface area contributed by atoms with Gasteiger partial charge in [0, 0.05) is 11.0 Å². The van der Waals surface area contributed by atoms with Gasteiger partial charge in [0.2, 0.25) is 10.0 Å². The van der Waals surface area contributed by atoms with E-state index in [1.165, 1.54) is 12.1 Å². The molecule has 0 heterocycles. The lowest BCUT2D eigenvalue weighted by Crippen LogP contribution is -2.37. The molecule has 1 fully saturated rings. The number of nitrogens with zero attached hydrogens (tertiary/aromatic N) is 1. The molecular formula is C12H14BrNO4S. The van der Waals surface area contributed by atoms with Crippen molar-refractivity contribution in [2.45, 2.75) is 17.7 Å². The summed E-state index contributed by atoms with van der Waals surface area (Å²) in [5.74, 6) is -0.847. The SMILES string of the molecule is O=C(O)CN(CC1CC1)S(=O)(=O)c1cccc(Br)c1. The average molecular weight is 348 g/mol. The third kappa shape index (κ3) is 3.77. The van der Waals surface area contributed by atoms with Crippen LogP contribution in [0.1, 0.15) is 12.8 Å². The fraction of sp³-hybridized carbons (Fsp3) is 0.417. The van der Waals surface area contributed by atoms with Crippen LogP contribution in [0, 0.1) is 5.92 Å². The lowest BCUT2D eigenvalue weighted by atomic mass is 10.4. The third-order valence-electron chi connectivity index (χ3n) is 2.90. The second kappa shape index (κ2) is 5.60. The maximum absolute atomic E-state index is 12.4. The van der Waals surface area contributed by atoms with E-state index in [1.54, 1.807) is 12.1 Å². The quantitative estimate of drug-likeness (QED) is 0.853. The Bertz CT molecular complexity index is 583. The summed E-state index contributed by atoms with van der Waals surface area (Å²) in [6, 6.07) is 6.30. The van der Waals surface area contributed by atoms with Gasteiger partial charge in [0.15, 0.2) is 0 Å². The number of rotatable bonds is 6. The number of hydrogen-bond donors (Lipinski definition) is 1. The molecule has 2 rings (SSSR count). The first kappa shape index (κ1) is 14.5. The minimum Gasteiger partial charge on any atom is -0.480 e. The van der Waals surface area contributed by atoms with Crippen molar-refractivity contribution in [1.29, 1.82) is 0 Å². The van der Waals surface area contributed by atoms with Crippen LogP contribution in [0.25, 0.3) is 0 Å². The number of sulfonamides is 1. The maximum atomic E-state index is 12.4. The molecule has 5 nitrogen and oxygen atoms in total. The van der Waals surface area contributed by atoms with Gasteiger partial charge < -0.3 is 5.11 Å². The van der Waals surface area contributed by atoms with Crippen molar-refractivity contribution in [2.75, 3.05) is 13.1 Å². The van der Waals surface area contributed by atoms with E-state index < -0.39 is 22.5 Å². The molecule has 104 valence electrons. The Kier molecular flexibility index (Phi) is 4.27. The van der Waals surface area contributed by atoms with Crippen molar-refractivity contribution in [3.63, 3.8) is 0 Å². The average Bonchev–Trinajstić information content (AvgIpc) is 3.11. The molecule has 19 heavy (non-hydrogen) atoms. The van der Waals surface area contributed by atoms with Crippen LogP contribution in [0.2, 0.25) is 0 Å². The van der Waals surface area contributed by atoms with Crippen LogP contribution >= 0.6 is 15.9 Å². The fourth-order valence-electron chi connectivity index (χ4n) is 1.76. The summed E-state index contributed by atoms with van der Waals surface area (Å²) in [7, 11) is -3.75. The molecule has 0 spiro atoms. The number of carboxylic acids is 1. The van der Waals surface area contributed by atoms with E-state index in [9.17, 15) is 13.2 Å². The number of carbonyl (C=O) groups is 1. The molecule has 0 amide bonds. The molecule has 0 atom stereocenters. The number of carboxylic acid groups (broad SMARTS) is 1. The molecule has 1 aliphatic rings. The Hall–Kier alpha value is -0.920. The van der Waals surface area contributed by atoms with Gasteiger partial charge in [0.1, 0.15) is 6.54 Å². The van der Waals surface area contributed by atoms with E-state index in [-0.39, 0.29) is 11.4 Å². The summed E-state index contributed by atoms with van der Waals surface area (Å²) in [4.78, 5) is 11.0. The van der Waals surface area contributed by atoms with Crippen LogP contribution in [0.5, 0.6) is 0 Å². The second-order valence-corrected chi connectivity index (χ2v) is 7.45. The van der Waals surface area contributed by atoms with E-state index >= 15 is 0 Å². The molecule has 1 aliphatic carbocycles. The van der Waals surface area contributed by atoms with Crippen molar-refractivity contribution in [3.05, 3.63) is 28.7 Å². The smallest absolute Gasteiger partial charge is 0.318 e. The monoisotopic (exact) mass is 347 g/mol. The Morgan fingerprint density at radius 2 is 2.11 bits per heavy atom. The van der Waals surface area contributed by atoms with Gasteiger partial charge in [-0.25, -0.2) is 8.42 Å². The molecule has 0 radical (unpaired) electrons. The lowest BCUT2D eigenvalue weighted by Gasteiger charge is -2.20. The van der Waals surface area contributed by atoms with E-state index in [0.717, 1.165) is 17.1 Å². The number of benzene rings is 1. The van der Waals surface area contributed by atoms with Crippen molar-refractivity contribution in [1.82, 2.24) is 4.31 Å². The van der Waals surface area contributed by atoms with Gasteiger partial charge in [-0.05, 0) is 37.0 Å². The lowest BCUT2D eigenvalue weighted by molar-refractivity contribution is -0.137. The topological polar surface area (TPSA) is 74.7 Å². The van der Waals surface area contributed by atoms with E-state index in [1.807, 2.05) is 0 Å². The predicted molar refractivity (Wildman–Crippen MR) is 73.3 cm³/mol. The molecule has 0 aromatic heterocycles. The van der Waals surface area contributed by atoms with Gasteiger partial charge in [-0.15, -0.1) is 0 Å². The first-order chi connectivity index (χ1) is 8.89. The van der Waals surface area contributed by atoms with Crippen molar-refractivity contribution >= 4 is 31.9 Å². The van der Waals surface area contributed by atoms with Crippen LogP contribution in [-0.2, 0) is 14.8 Å². The summed E-state index contributed by atoms with van der Waals surface area (Å²) in [6.07, 6.45) is 1.92. The van der Waals surface area contributed by atoms with Crippen molar-refractivity contribution in [3.8, 4) is 0 Å². The summed E-state index contributed by atoms with van der Waals surface area (Å²) in [5.41, 5.74) is 0. The summed E-state index contributed by atoms with van der Waals surface area (Å²) in [6.45, 7) is -0.216. The normalized spacial score (nSPS) is 15.7. The van der Waals surface area contributed by atoms with E-state index in [0.29, 0.717) is 10.4 Å². The molecule has 1 aromatic rings. The summed E-state index contributed by atoms with van der Waals surface area (Å²) in [5, 5.41) is 8.87. The zero-order valence-corrected chi connectivity index (χ0v) is 12.5. The molecule has 7 heteroatoms. The first-order valence-corrected chi connectivity index (χ1v) is 8.10. The summed E-state index contributed by atoms with van der Waals surface area (Å²) >= 11 is 3.22. The van der Waals surface area contributed by atoms with Gasteiger partial charge in [0.05, 0.1) is 4.90 Å². The third-order valence-corrected chi connectivity index (χ3v) is 5.21. The van der Waals surface area contributed by atoms with Crippen LogP contribution in [0.3, 0.4) is 0 Å². The van der Waals surface area contributed by atoms with Crippen LogP contribution in [0.4, 0.5) is 0 Å². The van der Waals surface area contributed by atoms with E-state index in [2.05, 4.69) is 15.9 Å². The number of hydrogen-bond acceptors (Lipinski definition) is 3. The molecule has 0 bridgehead atoms. The maximum Gasteiger partial charge on any atom is 0.318 e. The Balaban J connectivity index is 2.29. The highest BCUT2D eigenvalue weighted by atomic mass is 79.9. The van der Waals surface area contributed by atoms with Gasteiger partial charge >= 0.3 is 5.97 Å². The Morgan fingerprint density at radius 1 is 1.42 bits per heavy atom. The highest BCUT2D eigenvalue weighted by Gasteiger charge is 2.32. The minimum absolute atomic E-state index is 0.115. The highest BCUT2D eigenvalue weighted by molar-refractivity contribution is 9.10. The second-order valence-electron chi connectivity index (χ2n) is 4.59. The predicted octanol–water partition coefficient (Wildman–Crippen LogP) is 1.93. The number of aliphatic carboxylic acids is 1. The molecular weight excluding hydrogens is 334 g/mol. The highest BCUT2D eigenvalue weighted by Crippen LogP contribution is 2.31. The van der Waals surface area contributed by atoms with Crippen LogP contribution < -0.4 is 0 Å². The zero-order chi connectivity index (χ0) is 14.0. The Labute approximate surface area is 120 Å². The summed E-state index contributed by atoms with van der Waals surface area (Å²) < 4.78 is 26.5. The van der Waals surface area contributed by atoms with Crippen molar-refractivity contribution in [2.24, 2.45) is 5.92 Å². The fourth-order valence-corrected chi connectivity index (χ4v) is 3.83. The van der Waals surface area contributed by atoms with E-state index in [4.69, 9.17) is 5.11 Å². The molecule has 1 N–H and O–H groups in total. The minimum atomic E-state index is -3.75. The van der Waals surface area contributed by atoms with Crippen molar-refractivity contribution < 1.29 is 18.3 Å². The largest absolute Gasteiger partial charge is 0.480 e. The number of halogens is 1. The first-order valence-electron chi connectivity index (χ1n) is 5.87. The van der Waals surface area contributed by atoms with Gasteiger partial charge in [-0.3, -0.25) is 4.79 Å². The molecule has 0 unspecified atom stereocenters.